The molecule has 0 spiro atoms. The topological polar surface area (TPSA) is 124 Å². The number of nitrogens with zero attached hydrogens (tertiary/aromatic N) is 3. The molecule has 0 saturated heterocycles. The lowest BCUT2D eigenvalue weighted by Crippen LogP contribution is -2.20. The third-order valence-electron chi connectivity index (χ3n) is 6.82. The van der Waals surface area contributed by atoms with Crippen molar-refractivity contribution in [2.75, 3.05) is 13.2 Å². The molecule has 4 rings (SSSR count). The second kappa shape index (κ2) is 14.3. The first-order chi connectivity index (χ1) is 19.8. The highest BCUT2D eigenvalue weighted by molar-refractivity contribution is 6.00. The summed E-state index contributed by atoms with van der Waals surface area (Å²) in [7, 11) is 0. The average Bonchev–Trinajstić information content (AvgIpc) is 3.40. The van der Waals surface area contributed by atoms with Crippen LogP contribution in [0.2, 0.25) is 0 Å². The van der Waals surface area contributed by atoms with Crippen molar-refractivity contribution in [1.29, 1.82) is 0 Å². The summed E-state index contributed by atoms with van der Waals surface area (Å²) in [5.41, 5.74) is 16.7. The molecule has 4 aromatic rings. The van der Waals surface area contributed by atoms with E-state index in [1.54, 1.807) is 0 Å². The number of aromatic amines is 1. The van der Waals surface area contributed by atoms with Gasteiger partial charge >= 0.3 is 0 Å². The van der Waals surface area contributed by atoms with Gasteiger partial charge in [0.25, 0.3) is 0 Å². The third kappa shape index (κ3) is 8.58. The number of hydrogen-bond acceptors (Lipinski definition) is 5. The van der Waals surface area contributed by atoms with E-state index in [4.69, 9.17) is 25.9 Å². The molecule has 0 bridgehead atoms. The molecule has 0 fully saturated rings. The number of aromatic nitrogens is 2. The zero-order valence-electron chi connectivity index (χ0n) is 24.6. The molecule has 0 saturated carbocycles. The van der Waals surface area contributed by atoms with Crippen molar-refractivity contribution in [3.05, 3.63) is 72.3 Å². The molecular weight excluding hydrogens is 512 g/mol. The molecular formula is C33H42N6O2. The van der Waals surface area contributed by atoms with Gasteiger partial charge in [0.2, 0.25) is 0 Å². The fourth-order valence-electron chi connectivity index (χ4n) is 4.24. The lowest BCUT2D eigenvalue weighted by molar-refractivity contribution is 0.279. The number of amidine groups is 2. The lowest BCUT2D eigenvalue weighted by atomic mass is 10.1. The van der Waals surface area contributed by atoms with Gasteiger partial charge in [-0.25, -0.2) is 9.98 Å². The number of nitrogens with two attached hydrogens (primary N) is 2. The van der Waals surface area contributed by atoms with E-state index in [0.29, 0.717) is 24.9 Å². The van der Waals surface area contributed by atoms with Crippen molar-refractivity contribution in [1.82, 2.24) is 9.97 Å². The van der Waals surface area contributed by atoms with Crippen molar-refractivity contribution in [3.63, 3.8) is 0 Å². The summed E-state index contributed by atoms with van der Waals surface area (Å²) < 4.78 is 11.9. The average molecular weight is 555 g/mol. The summed E-state index contributed by atoms with van der Waals surface area (Å²) >= 11 is 0. The first-order valence-corrected chi connectivity index (χ1v) is 14.5. The molecule has 1 atom stereocenters. The molecule has 0 aliphatic rings. The van der Waals surface area contributed by atoms with Crippen LogP contribution in [0.3, 0.4) is 0 Å². The molecule has 5 N–H and O–H groups in total. The fourth-order valence-corrected chi connectivity index (χ4v) is 4.24. The van der Waals surface area contributed by atoms with Crippen LogP contribution in [-0.2, 0) is 0 Å². The van der Waals surface area contributed by atoms with Crippen LogP contribution in [0.25, 0.3) is 22.4 Å². The molecule has 0 aliphatic carbocycles. The highest BCUT2D eigenvalue weighted by Crippen LogP contribution is 2.25. The van der Waals surface area contributed by atoms with Gasteiger partial charge in [0.1, 0.15) is 29.0 Å². The molecule has 0 amide bonds. The third-order valence-corrected chi connectivity index (χ3v) is 6.82. The summed E-state index contributed by atoms with van der Waals surface area (Å²) in [6, 6.07) is 21.8. The SMILES string of the molecule is CCC(C)C(N)=Nc1ccc(OCCCCCOc2cccc(-c3nc4ccc(C(N)=NC(C)C)cc4[nH]3)c2)cc1. The number of nitrogens with one attached hydrogen (secondary N) is 1. The Morgan fingerprint density at radius 3 is 2.32 bits per heavy atom. The van der Waals surface area contributed by atoms with Gasteiger partial charge in [-0.2, -0.15) is 0 Å². The van der Waals surface area contributed by atoms with Gasteiger partial charge in [0, 0.05) is 23.1 Å². The Labute approximate surface area is 242 Å². The largest absolute Gasteiger partial charge is 0.494 e. The van der Waals surface area contributed by atoms with Crippen LogP contribution in [0.15, 0.2) is 76.7 Å². The predicted octanol–water partition coefficient (Wildman–Crippen LogP) is 7.01. The summed E-state index contributed by atoms with van der Waals surface area (Å²) in [5.74, 6) is 3.93. The standard InChI is InChI=1S/C33H42N6O2/c1-5-23(4)31(34)37-26-13-15-27(16-14-26)40-18-7-6-8-19-41-28-11-9-10-25(20-28)33-38-29-17-12-24(21-30(29)39-33)32(35)36-22(2)3/h9-17,20-23H,5-8,18-19H2,1-4H3,(H2,34,37)(H2,35,36)(H,38,39). The molecule has 0 aliphatic heterocycles. The van der Waals surface area contributed by atoms with Crippen molar-refractivity contribution in [3.8, 4) is 22.9 Å². The number of aliphatic imine (C=N–C) groups is 2. The zero-order valence-corrected chi connectivity index (χ0v) is 24.6. The van der Waals surface area contributed by atoms with Gasteiger partial charge in [0.05, 0.1) is 29.9 Å². The van der Waals surface area contributed by atoms with Gasteiger partial charge < -0.3 is 25.9 Å². The van der Waals surface area contributed by atoms with Crippen molar-refractivity contribution in [2.24, 2.45) is 27.4 Å². The molecule has 1 unspecified atom stereocenters. The lowest BCUT2D eigenvalue weighted by Gasteiger charge is -2.09. The summed E-state index contributed by atoms with van der Waals surface area (Å²) in [6.07, 6.45) is 3.90. The smallest absolute Gasteiger partial charge is 0.138 e. The van der Waals surface area contributed by atoms with Crippen LogP contribution in [-0.4, -0.2) is 40.9 Å². The Kier molecular flexibility index (Phi) is 10.4. The Morgan fingerprint density at radius 1 is 0.878 bits per heavy atom. The molecule has 1 heterocycles. The van der Waals surface area contributed by atoms with E-state index >= 15 is 0 Å². The normalized spacial score (nSPS) is 13.1. The van der Waals surface area contributed by atoms with Gasteiger partial charge in [0.15, 0.2) is 0 Å². The molecule has 1 aromatic heterocycles. The first-order valence-electron chi connectivity index (χ1n) is 14.5. The Hall–Kier alpha value is -4.33. The number of imidazole rings is 1. The molecule has 8 heteroatoms. The Bertz CT molecular complexity index is 1470. The highest BCUT2D eigenvalue weighted by Gasteiger charge is 2.09. The number of rotatable bonds is 14. The minimum Gasteiger partial charge on any atom is -0.494 e. The first kappa shape index (κ1) is 29.6. The maximum absolute atomic E-state index is 6.15. The number of hydrogen-bond donors (Lipinski definition) is 3. The molecule has 3 aromatic carbocycles. The van der Waals surface area contributed by atoms with Crippen molar-refractivity contribution >= 4 is 28.4 Å². The van der Waals surface area contributed by atoms with E-state index in [9.17, 15) is 0 Å². The predicted molar refractivity (Wildman–Crippen MR) is 169 cm³/mol. The second-order valence-corrected chi connectivity index (χ2v) is 10.6. The van der Waals surface area contributed by atoms with Crippen LogP contribution in [0.5, 0.6) is 11.5 Å². The van der Waals surface area contributed by atoms with E-state index in [0.717, 1.165) is 70.9 Å². The van der Waals surface area contributed by atoms with Crippen LogP contribution in [0, 0.1) is 5.92 Å². The van der Waals surface area contributed by atoms with Gasteiger partial charge in [-0.05, 0) is 94.1 Å². The molecule has 41 heavy (non-hydrogen) atoms. The van der Waals surface area contributed by atoms with Crippen molar-refractivity contribution < 1.29 is 9.47 Å². The van der Waals surface area contributed by atoms with Crippen molar-refractivity contribution in [2.45, 2.75) is 59.4 Å². The quantitative estimate of drug-likeness (QED) is 0.0879. The number of H-pyrrole nitrogens is 1. The minimum absolute atomic E-state index is 0.142. The molecule has 8 nitrogen and oxygen atoms in total. The number of fused-ring (bicyclic) bond motifs is 1. The van der Waals surface area contributed by atoms with Gasteiger partial charge in [-0.15, -0.1) is 0 Å². The van der Waals surface area contributed by atoms with E-state index in [1.165, 1.54) is 0 Å². The highest BCUT2D eigenvalue weighted by atomic mass is 16.5. The van der Waals surface area contributed by atoms with Crippen LogP contribution < -0.4 is 20.9 Å². The fraction of sp³-hybridized carbons (Fsp3) is 0.364. The summed E-state index contributed by atoms with van der Waals surface area (Å²) in [4.78, 5) is 17.1. The molecule has 216 valence electrons. The van der Waals surface area contributed by atoms with Gasteiger partial charge in [-0.1, -0.05) is 26.0 Å². The van der Waals surface area contributed by atoms with E-state index < -0.39 is 0 Å². The van der Waals surface area contributed by atoms with Crippen LogP contribution in [0.4, 0.5) is 5.69 Å². The maximum atomic E-state index is 6.15. The maximum Gasteiger partial charge on any atom is 0.138 e. The Morgan fingerprint density at radius 2 is 1.61 bits per heavy atom. The summed E-state index contributed by atoms with van der Waals surface area (Å²) in [6.45, 7) is 9.51. The van der Waals surface area contributed by atoms with E-state index in [2.05, 4.69) is 28.8 Å². The van der Waals surface area contributed by atoms with Crippen LogP contribution >= 0.6 is 0 Å². The van der Waals surface area contributed by atoms with Gasteiger partial charge in [-0.3, -0.25) is 4.99 Å². The van der Waals surface area contributed by atoms with E-state index in [1.807, 2.05) is 80.6 Å². The summed E-state index contributed by atoms with van der Waals surface area (Å²) in [5, 5.41) is 0. The minimum atomic E-state index is 0.142. The zero-order chi connectivity index (χ0) is 29.2. The Balaban J connectivity index is 1.21. The number of ether oxygens (including phenoxy) is 2. The monoisotopic (exact) mass is 554 g/mol. The van der Waals surface area contributed by atoms with E-state index in [-0.39, 0.29) is 12.0 Å². The second-order valence-electron chi connectivity index (χ2n) is 10.6. The molecule has 0 radical (unpaired) electrons. The van der Waals surface area contributed by atoms with Crippen LogP contribution in [0.1, 0.15) is 58.9 Å². The number of unbranched alkanes of at least 4 members (excludes halogenated alkanes) is 2. The number of benzene rings is 3.